The van der Waals surface area contributed by atoms with Crippen molar-refractivity contribution >= 4 is 23.8 Å². The second-order valence-corrected chi connectivity index (χ2v) is 5.28. The van der Waals surface area contributed by atoms with Crippen LogP contribution >= 0.6 is 11.8 Å². The van der Waals surface area contributed by atoms with Gasteiger partial charge in [0.2, 0.25) is 0 Å². The molecule has 0 saturated carbocycles. The van der Waals surface area contributed by atoms with Crippen molar-refractivity contribution in [3.8, 4) is 0 Å². The minimum absolute atomic E-state index is 0.194. The number of carbonyl (C=O) groups excluding carboxylic acids is 2. The van der Waals surface area contributed by atoms with Crippen molar-refractivity contribution in [3.63, 3.8) is 0 Å². The molecule has 0 aliphatic heterocycles. The summed E-state index contributed by atoms with van der Waals surface area (Å²) in [5.41, 5.74) is 0.908. The molecule has 0 saturated heterocycles. The Morgan fingerprint density at radius 1 is 1.24 bits per heavy atom. The zero-order chi connectivity index (χ0) is 15.5. The van der Waals surface area contributed by atoms with Gasteiger partial charge in [-0.3, -0.25) is 0 Å². The third-order valence-electron chi connectivity index (χ3n) is 2.69. The Labute approximate surface area is 129 Å². The molecule has 0 aromatic heterocycles. The first-order chi connectivity index (χ1) is 10.2. The van der Waals surface area contributed by atoms with E-state index in [9.17, 15) is 9.59 Å². The lowest BCUT2D eigenvalue weighted by molar-refractivity contribution is -0.147. The van der Waals surface area contributed by atoms with Crippen molar-refractivity contribution in [2.75, 3.05) is 18.6 Å². The van der Waals surface area contributed by atoms with Gasteiger partial charge in [-0.25, -0.2) is 9.59 Å². The van der Waals surface area contributed by atoms with Gasteiger partial charge in [-0.2, -0.15) is 11.8 Å². The molecule has 6 heteroatoms. The highest BCUT2D eigenvalue weighted by Gasteiger charge is 2.22. The molecule has 0 spiro atoms. The topological polar surface area (TPSA) is 64.6 Å². The Balaban J connectivity index is 2.51. The molecule has 0 fully saturated rings. The van der Waals surface area contributed by atoms with E-state index >= 15 is 0 Å². The molecule has 116 valence electrons. The number of esters is 1. The van der Waals surface area contributed by atoms with Gasteiger partial charge in [0.25, 0.3) is 0 Å². The average Bonchev–Trinajstić information content (AvgIpc) is 2.50. The number of carbonyl (C=O) groups is 2. The zero-order valence-electron chi connectivity index (χ0n) is 12.3. The first-order valence-corrected chi connectivity index (χ1v) is 8.19. The fourth-order valence-corrected chi connectivity index (χ4v) is 2.10. The van der Waals surface area contributed by atoms with Crippen LogP contribution in [0.15, 0.2) is 30.3 Å². The number of nitrogens with one attached hydrogen (secondary N) is 1. The fraction of sp³-hybridized carbons (Fsp3) is 0.467. The van der Waals surface area contributed by atoms with E-state index in [1.54, 1.807) is 18.7 Å². The van der Waals surface area contributed by atoms with Gasteiger partial charge < -0.3 is 14.8 Å². The van der Waals surface area contributed by atoms with Crippen LogP contribution in [0.5, 0.6) is 0 Å². The maximum atomic E-state index is 12.1. The summed E-state index contributed by atoms with van der Waals surface area (Å²) >= 11 is 1.60. The molecular weight excluding hydrogens is 290 g/mol. The lowest BCUT2D eigenvalue weighted by Crippen LogP contribution is -2.42. The standard InChI is InChI=1S/C15H21NO4S/c1-3-19-15(18)16-13(9-10-21-2)14(17)20-11-12-7-5-4-6-8-12/h4-8,13H,3,9-11H2,1-2H3,(H,16,18). The van der Waals surface area contributed by atoms with E-state index in [1.807, 2.05) is 36.6 Å². The average molecular weight is 311 g/mol. The summed E-state index contributed by atoms with van der Waals surface area (Å²) in [6.07, 6.45) is 1.85. The van der Waals surface area contributed by atoms with Crippen molar-refractivity contribution in [1.82, 2.24) is 5.32 Å². The summed E-state index contributed by atoms with van der Waals surface area (Å²) in [7, 11) is 0. The molecule has 0 radical (unpaired) electrons. The fourth-order valence-electron chi connectivity index (χ4n) is 1.63. The van der Waals surface area contributed by atoms with Crippen LogP contribution < -0.4 is 5.32 Å². The highest BCUT2D eigenvalue weighted by Crippen LogP contribution is 2.06. The number of amides is 1. The zero-order valence-corrected chi connectivity index (χ0v) is 13.2. The number of hydrogen-bond acceptors (Lipinski definition) is 5. The number of thioether (sulfide) groups is 1. The van der Waals surface area contributed by atoms with Crippen LogP contribution in [0.4, 0.5) is 4.79 Å². The van der Waals surface area contributed by atoms with E-state index in [0.717, 1.165) is 11.3 Å². The molecule has 21 heavy (non-hydrogen) atoms. The summed E-state index contributed by atoms with van der Waals surface area (Å²) in [6, 6.07) is 8.73. The SMILES string of the molecule is CCOC(=O)NC(CCSC)C(=O)OCc1ccccc1. The normalized spacial score (nSPS) is 11.5. The highest BCUT2D eigenvalue weighted by molar-refractivity contribution is 7.98. The summed E-state index contributed by atoms with van der Waals surface area (Å²) < 4.78 is 10.0. The molecular formula is C15H21NO4S. The lowest BCUT2D eigenvalue weighted by Gasteiger charge is -2.17. The van der Waals surface area contributed by atoms with Crippen molar-refractivity contribution < 1.29 is 19.1 Å². The quantitative estimate of drug-likeness (QED) is 0.748. The van der Waals surface area contributed by atoms with E-state index in [4.69, 9.17) is 9.47 Å². The van der Waals surface area contributed by atoms with Gasteiger partial charge in [0.1, 0.15) is 12.6 Å². The van der Waals surface area contributed by atoms with Crippen LogP contribution in [0, 0.1) is 0 Å². The monoisotopic (exact) mass is 311 g/mol. The molecule has 1 amide bonds. The number of hydrogen-bond donors (Lipinski definition) is 1. The van der Waals surface area contributed by atoms with Gasteiger partial charge in [-0.15, -0.1) is 0 Å². The van der Waals surface area contributed by atoms with Crippen molar-refractivity contribution in [2.24, 2.45) is 0 Å². The largest absolute Gasteiger partial charge is 0.459 e. The Hall–Kier alpha value is -1.69. The molecule has 0 bridgehead atoms. The molecule has 0 aliphatic carbocycles. The third kappa shape index (κ3) is 7.04. The molecule has 1 N–H and O–H groups in total. The van der Waals surface area contributed by atoms with Crippen molar-refractivity contribution in [3.05, 3.63) is 35.9 Å². The van der Waals surface area contributed by atoms with Gasteiger partial charge >= 0.3 is 12.1 Å². The first-order valence-electron chi connectivity index (χ1n) is 6.80. The molecule has 1 rings (SSSR count). The molecule has 5 nitrogen and oxygen atoms in total. The van der Waals surface area contributed by atoms with Crippen LogP contribution in [0.1, 0.15) is 18.9 Å². The summed E-state index contributed by atoms with van der Waals surface area (Å²) in [4.78, 5) is 23.5. The number of benzene rings is 1. The molecule has 0 heterocycles. The number of alkyl carbamates (subject to hydrolysis) is 1. The third-order valence-corrected chi connectivity index (χ3v) is 3.33. The van der Waals surface area contributed by atoms with E-state index in [0.29, 0.717) is 6.42 Å². The maximum Gasteiger partial charge on any atom is 0.407 e. The summed E-state index contributed by atoms with van der Waals surface area (Å²) in [5, 5.41) is 2.54. The van der Waals surface area contributed by atoms with Crippen LogP contribution in [0.2, 0.25) is 0 Å². The van der Waals surface area contributed by atoms with Gasteiger partial charge in [-0.05, 0) is 30.9 Å². The predicted octanol–water partition coefficient (Wildman–Crippen LogP) is 2.60. The first kappa shape index (κ1) is 17.4. The van der Waals surface area contributed by atoms with Crippen molar-refractivity contribution in [2.45, 2.75) is 26.0 Å². The molecule has 1 atom stereocenters. The Morgan fingerprint density at radius 2 is 1.95 bits per heavy atom. The smallest absolute Gasteiger partial charge is 0.407 e. The number of rotatable bonds is 8. The molecule has 1 unspecified atom stereocenters. The second kappa shape index (κ2) is 10.1. The summed E-state index contributed by atoms with van der Waals surface area (Å²) in [5.74, 6) is 0.304. The van der Waals surface area contributed by atoms with Crippen LogP contribution in [-0.2, 0) is 20.9 Å². The highest BCUT2D eigenvalue weighted by atomic mass is 32.2. The molecule has 0 aliphatic rings. The summed E-state index contributed by atoms with van der Waals surface area (Å²) in [6.45, 7) is 2.17. The maximum absolute atomic E-state index is 12.1. The van der Waals surface area contributed by atoms with Gasteiger partial charge in [0.05, 0.1) is 6.61 Å². The number of ether oxygens (including phenoxy) is 2. The van der Waals surface area contributed by atoms with E-state index in [1.165, 1.54) is 0 Å². The Morgan fingerprint density at radius 3 is 2.57 bits per heavy atom. The predicted molar refractivity (Wildman–Crippen MR) is 83.2 cm³/mol. The van der Waals surface area contributed by atoms with Crippen LogP contribution in [0.25, 0.3) is 0 Å². The van der Waals surface area contributed by atoms with Gasteiger partial charge in [0, 0.05) is 0 Å². The van der Waals surface area contributed by atoms with Crippen molar-refractivity contribution in [1.29, 1.82) is 0 Å². The Bertz CT molecular complexity index is 439. The second-order valence-electron chi connectivity index (χ2n) is 4.29. The van der Waals surface area contributed by atoms with Crippen LogP contribution in [-0.4, -0.2) is 36.7 Å². The Kier molecular flexibility index (Phi) is 8.35. The van der Waals surface area contributed by atoms with Crippen LogP contribution in [0.3, 0.4) is 0 Å². The molecule has 1 aromatic rings. The lowest BCUT2D eigenvalue weighted by atomic mass is 10.2. The molecule has 1 aromatic carbocycles. The van der Waals surface area contributed by atoms with Gasteiger partial charge in [0.15, 0.2) is 0 Å². The van der Waals surface area contributed by atoms with E-state index in [-0.39, 0.29) is 13.2 Å². The van der Waals surface area contributed by atoms with Gasteiger partial charge in [-0.1, -0.05) is 30.3 Å². The van der Waals surface area contributed by atoms with E-state index in [2.05, 4.69) is 5.32 Å². The minimum atomic E-state index is -0.680. The van der Waals surface area contributed by atoms with E-state index < -0.39 is 18.1 Å². The minimum Gasteiger partial charge on any atom is -0.459 e.